The van der Waals surface area contributed by atoms with Gasteiger partial charge in [0.15, 0.2) is 23.1 Å². The van der Waals surface area contributed by atoms with Crippen molar-refractivity contribution in [1.29, 1.82) is 0 Å². The molecule has 0 N–H and O–H groups in total. The Hall–Kier alpha value is -6.20. The minimum Gasteiger partial charge on any atom is -0.454 e. The van der Waals surface area contributed by atoms with Gasteiger partial charge >= 0.3 is 0 Å². The van der Waals surface area contributed by atoms with E-state index in [0.717, 1.165) is 65.9 Å². The average molecular weight is 577 g/mol. The Labute approximate surface area is 258 Å². The van der Waals surface area contributed by atoms with Gasteiger partial charge in [-0.15, -0.1) is 0 Å². The average Bonchev–Trinajstić information content (AvgIpc) is 3.50. The standard InChI is InChI=1S/C40H24N4O/c1-2-11-26(12-3-1)38-42-39(28-19-18-25-10-4-5-13-27(25)22-28)44-40(43-38)32-17-9-7-15-30(32)34-23-35-37(31-16-8-6-14-29(31)34)33-20-21-41-24-36(33)45-35/h1-24H. The molecule has 0 aliphatic heterocycles. The molecule has 210 valence electrons. The van der Waals surface area contributed by atoms with Gasteiger partial charge in [-0.25, -0.2) is 15.0 Å². The van der Waals surface area contributed by atoms with E-state index < -0.39 is 0 Å². The summed E-state index contributed by atoms with van der Waals surface area (Å²) in [4.78, 5) is 19.5. The molecule has 0 saturated carbocycles. The van der Waals surface area contributed by atoms with Crippen LogP contribution in [0.1, 0.15) is 0 Å². The highest BCUT2D eigenvalue weighted by atomic mass is 16.3. The third kappa shape index (κ3) is 4.25. The summed E-state index contributed by atoms with van der Waals surface area (Å²) in [5.41, 5.74) is 6.45. The molecule has 6 aromatic carbocycles. The smallest absolute Gasteiger partial charge is 0.164 e. The molecule has 0 amide bonds. The molecule has 0 spiro atoms. The molecule has 0 atom stereocenters. The normalized spacial score (nSPS) is 11.6. The number of hydrogen-bond acceptors (Lipinski definition) is 5. The maximum Gasteiger partial charge on any atom is 0.164 e. The highest BCUT2D eigenvalue weighted by Crippen LogP contribution is 2.42. The Morgan fingerprint density at radius 3 is 1.98 bits per heavy atom. The Morgan fingerprint density at radius 2 is 1.11 bits per heavy atom. The van der Waals surface area contributed by atoms with E-state index in [4.69, 9.17) is 19.4 Å². The van der Waals surface area contributed by atoms with Crippen molar-refractivity contribution in [2.75, 3.05) is 0 Å². The van der Waals surface area contributed by atoms with Crippen LogP contribution in [0.25, 0.3) is 88.8 Å². The second-order valence-electron chi connectivity index (χ2n) is 11.1. The van der Waals surface area contributed by atoms with E-state index in [9.17, 15) is 0 Å². The number of hydrogen-bond donors (Lipinski definition) is 0. The predicted molar refractivity (Wildman–Crippen MR) is 182 cm³/mol. The summed E-state index contributed by atoms with van der Waals surface area (Å²) in [5, 5.41) is 6.72. The first-order valence-corrected chi connectivity index (χ1v) is 14.9. The third-order valence-electron chi connectivity index (χ3n) is 8.42. The van der Waals surface area contributed by atoms with Crippen LogP contribution in [-0.2, 0) is 0 Å². The molecule has 0 saturated heterocycles. The Kier molecular flexibility index (Phi) is 5.74. The van der Waals surface area contributed by atoms with Crippen LogP contribution in [-0.4, -0.2) is 19.9 Å². The number of rotatable bonds is 4. The first kappa shape index (κ1) is 25.3. The van der Waals surface area contributed by atoms with Crippen LogP contribution in [0.3, 0.4) is 0 Å². The van der Waals surface area contributed by atoms with Crippen molar-refractivity contribution in [1.82, 2.24) is 19.9 Å². The van der Waals surface area contributed by atoms with Gasteiger partial charge in [0.05, 0.1) is 6.20 Å². The van der Waals surface area contributed by atoms with E-state index in [-0.39, 0.29) is 0 Å². The second kappa shape index (κ2) is 10.2. The van der Waals surface area contributed by atoms with Crippen LogP contribution >= 0.6 is 0 Å². The summed E-state index contributed by atoms with van der Waals surface area (Å²) in [6.45, 7) is 0. The predicted octanol–water partition coefficient (Wildman–Crippen LogP) is 10.1. The maximum absolute atomic E-state index is 6.35. The number of nitrogens with zero attached hydrogens (tertiary/aromatic N) is 4. The van der Waals surface area contributed by atoms with Crippen molar-refractivity contribution >= 4 is 43.5 Å². The van der Waals surface area contributed by atoms with Crippen molar-refractivity contribution in [3.8, 4) is 45.3 Å². The van der Waals surface area contributed by atoms with Crippen LogP contribution in [0.2, 0.25) is 0 Å². The van der Waals surface area contributed by atoms with Gasteiger partial charge in [0.25, 0.3) is 0 Å². The van der Waals surface area contributed by atoms with Gasteiger partial charge in [-0.1, -0.05) is 115 Å². The SMILES string of the molecule is c1ccc(-c2nc(-c3ccc4ccccc4c3)nc(-c3ccccc3-c3cc4oc5cnccc5c4c4ccccc34)n2)cc1. The topological polar surface area (TPSA) is 64.7 Å². The van der Waals surface area contributed by atoms with Crippen LogP contribution < -0.4 is 0 Å². The van der Waals surface area contributed by atoms with Gasteiger partial charge in [0.2, 0.25) is 0 Å². The van der Waals surface area contributed by atoms with Gasteiger partial charge in [0, 0.05) is 33.7 Å². The van der Waals surface area contributed by atoms with Crippen LogP contribution in [0.4, 0.5) is 0 Å². The Bertz CT molecular complexity index is 2550. The maximum atomic E-state index is 6.35. The summed E-state index contributed by atoms with van der Waals surface area (Å²) in [5.74, 6) is 1.87. The number of fused-ring (bicyclic) bond motifs is 6. The summed E-state index contributed by atoms with van der Waals surface area (Å²) in [6, 6.07) is 45.7. The highest BCUT2D eigenvalue weighted by Gasteiger charge is 2.19. The molecule has 3 heterocycles. The minimum atomic E-state index is 0.612. The van der Waals surface area contributed by atoms with Crippen LogP contribution in [0, 0.1) is 0 Å². The lowest BCUT2D eigenvalue weighted by molar-refractivity contribution is 0.667. The van der Waals surface area contributed by atoms with E-state index in [1.165, 1.54) is 5.39 Å². The minimum absolute atomic E-state index is 0.612. The second-order valence-corrected chi connectivity index (χ2v) is 11.1. The molecule has 0 aliphatic rings. The van der Waals surface area contributed by atoms with Gasteiger partial charge < -0.3 is 4.42 Å². The molecule has 5 nitrogen and oxygen atoms in total. The molecule has 0 bridgehead atoms. The fraction of sp³-hybridized carbons (Fsp3) is 0. The zero-order valence-corrected chi connectivity index (χ0v) is 24.1. The molecule has 0 fully saturated rings. The van der Waals surface area contributed by atoms with E-state index in [0.29, 0.717) is 17.5 Å². The zero-order chi connectivity index (χ0) is 29.7. The molecule has 0 radical (unpaired) electrons. The molecular weight excluding hydrogens is 552 g/mol. The van der Waals surface area contributed by atoms with Gasteiger partial charge in [-0.3, -0.25) is 4.98 Å². The molecule has 9 rings (SSSR count). The van der Waals surface area contributed by atoms with E-state index in [2.05, 4.69) is 96.0 Å². The van der Waals surface area contributed by atoms with Gasteiger partial charge in [-0.2, -0.15) is 0 Å². The number of aromatic nitrogens is 4. The van der Waals surface area contributed by atoms with Gasteiger partial charge in [-0.05, 0) is 50.9 Å². The van der Waals surface area contributed by atoms with Crippen molar-refractivity contribution < 1.29 is 4.42 Å². The molecule has 3 aromatic heterocycles. The summed E-state index contributed by atoms with van der Waals surface area (Å²) >= 11 is 0. The molecule has 45 heavy (non-hydrogen) atoms. The summed E-state index contributed by atoms with van der Waals surface area (Å²) in [6.07, 6.45) is 3.59. The van der Waals surface area contributed by atoms with Crippen molar-refractivity contribution in [2.24, 2.45) is 0 Å². The third-order valence-corrected chi connectivity index (χ3v) is 8.42. The van der Waals surface area contributed by atoms with Crippen molar-refractivity contribution in [3.05, 3.63) is 146 Å². The lowest BCUT2D eigenvalue weighted by Gasteiger charge is -2.14. The van der Waals surface area contributed by atoms with Crippen LogP contribution in [0.5, 0.6) is 0 Å². The molecular formula is C40H24N4O. The van der Waals surface area contributed by atoms with Crippen molar-refractivity contribution in [2.45, 2.75) is 0 Å². The first-order valence-electron chi connectivity index (χ1n) is 14.9. The number of furan rings is 1. The number of pyridine rings is 1. The van der Waals surface area contributed by atoms with E-state index in [1.807, 2.05) is 48.7 Å². The fourth-order valence-corrected chi connectivity index (χ4v) is 6.30. The Balaban J connectivity index is 1.30. The highest BCUT2D eigenvalue weighted by molar-refractivity contribution is 6.22. The molecule has 5 heteroatoms. The molecule has 0 unspecified atom stereocenters. The van der Waals surface area contributed by atoms with Crippen LogP contribution in [0.15, 0.2) is 150 Å². The fourth-order valence-electron chi connectivity index (χ4n) is 6.30. The monoisotopic (exact) mass is 576 g/mol. The van der Waals surface area contributed by atoms with E-state index in [1.54, 1.807) is 6.20 Å². The lowest BCUT2D eigenvalue weighted by Crippen LogP contribution is -2.01. The lowest BCUT2D eigenvalue weighted by atomic mass is 9.92. The largest absolute Gasteiger partial charge is 0.454 e. The van der Waals surface area contributed by atoms with E-state index >= 15 is 0 Å². The Morgan fingerprint density at radius 1 is 0.422 bits per heavy atom. The first-order chi connectivity index (χ1) is 22.3. The summed E-state index contributed by atoms with van der Waals surface area (Å²) in [7, 11) is 0. The zero-order valence-electron chi connectivity index (χ0n) is 24.1. The molecule has 9 aromatic rings. The van der Waals surface area contributed by atoms with Gasteiger partial charge in [0.1, 0.15) is 5.58 Å². The quantitative estimate of drug-likeness (QED) is 0.209. The van der Waals surface area contributed by atoms with Crippen molar-refractivity contribution in [3.63, 3.8) is 0 Å². The molecule has 0 aliphatic carbocycles. The number of benzene rings is 6. The summed E-state index contributed by atoms with van der Waals surface area (Å²) < 4.78 is 6.35.